The Labute approximate surface area is 153 Å². The number of hydrogen-bond donors (Lipinski definition) is 0. The van der Waals surface area contributed by atoms with Crippen molar-refractivity contribution in [1.29, 1.82) is 0 Å². The number of hydrogen-bond acceptors (Lipinski definition) is 4. The number of aryl methyl sites for hydroxylation is 1. The van der Waals surface area contributed by atoms with E-state index in [1.807, 2.05) is 43.7 Å². The predicted octanol–water partition coefficient (Wildman–Crippen LogP) is 2.64. The monoisotopic (exact) mass is 348 g/mol. The number of pyridine rings is 2. The fraction of sp³-hybridized carbons (Fsp3) is 0.333. The molecule has 1 saturated heterocycles. The molecule has 1 atom stereocenters. The van der Waals surface area contributed by atoms with Crippen molar-refractivity contribution in [2.24, 2.45) is 7.05 Å². The lowest BCUT2D eigenvalue weighted by atomic mass is 10.1. The first-order valence-corrected chi connectivity index (χ1v) is 9.06. The van der Waals surface area contributed by atoms with Gasteiger partial charge in [-0.2, -0.15) is 0 Å². The van der Waals surface area contributed by atoms with Crippen molar-refractivity contribution in [1.82, 2.24) is 14.5 Å². The normalized spacial score (nSPS) is 17.3. The number of likely N-dealkylation sites (N-methyl/N-ethyl adjacent to an activating group) is 1. The first kappa shape index (κ1) is 16.8. The average molecular weight is 348 g/mol. The minimum absolute atomic E-state index is 0.0968. The molecule has 0 amide bonds. The molecule has 26 heavy (non-hydrogen) atoms. The molecule has 0 saturated carbocycles. The van der Waals surface area contributed by atoms with Gasteiger partial charge in [0.2, 0.25) is 0 Å². The summed E-state index contributed by atoms with van der Waals surface area (Å²) in [6.45, 7) is 2.69. The van der Waals surface area contributed by atoms with Gasteiger partial charge in [-0.1, -0.05) is 18.2 Å². The zero-order valence-corrected chi connectivity index (χ0v) is 15.3. The molecule has 1 aliphatic heterocycles. The van der Waals surface area contributed by atoms with Crippen molar-refractivity contribution in [3.8, 4) is 0 Å². The van der Waals surface area contributed by atoms with E-state index < -0.39 is 0 Å². The summed E-state index contributed by atoms with van der Waals surface area (Å²) in [6, 6.07) is 14.7. The molecule has 0 N–H and O–H groups in total. The molecule has 2 aromatic heterocycles. The lowest BCUT2D eigenvalue weighted by molar-refractivity contribution is 0.249. The predicted molar refractivity (Wildman–Crippen MR) is 106 cm³/mol. The van der Waals surface area contributed by atoms with Gasteiger partial charge in [0, 0.05) is 56.4 Å². The Bertz CT molecular complexity index is 967. The summed E-state index contributed by atoms with van der Waals surface area (Å²) in [4.78, 5) is 21.5. The molecule has 0 radical (unpaired) electrons. The fourth-order valence-corrected chi connectivity index (χ4v) is 3.89. The van der Waals surface area contributed by atoms with Gasteiger partial charge >= 0.3 is 0 Å². The highest BCUT2D eigenvalue weighted by atomic mass is 16.1. The van der Waals surface area contributed by atoms with Crippen LogP contribution in [0.15, 0.2) is 59.7 Å². The quantitative estimate of drug-likeness (QED) is 0.727. The largest absolute Gasteiger partial charge is 0.370 e. The molecule has 3 heterocycles. The van der Waals surface area contributed by atoms with Crippen molar-refractivity contribution in [3.63, 3.8) is 0 Å². The molecule has 1 aliphatic rings. The van der Waals surface area contributed by atoms with Crippen LogP contribution in [0.2, 0.25) is 0 Å². The van der Waals surface area contributed by atoms with Gasteiger partial charge < -0.3 is 9.47 Å². The highest BCUT2D eigenvalue weighted by Crippen LogP contribution is 2.23. The molecule has 1 fully saturated rings. The number of benzene rings is 1. The molecule has 5 nitrogen and oxygen atoms in total. The minimum atomic E-state index is 0.0968. The van der Waals surface area contributed by atoms with Gasteiger partial charge in [-0.3, -0.25) is 14.7 Å². The van der Waals surface area contributed by atoms with E-state index in [1.165, 1.54) is 5.69 Å². The molecule has 5 heteroatoms. The van der Waals surface area contributed by atoms with Crippen molar-refractivity contribution in [2.75, 3.05) is 25.0 Å². The van der Waals surface area contributed by atoms with E-state index in [0.29, 0.717) is 12.6 Å². The Morgan fingerprint density at radius 1 is 1.19 bits per heavy atom. The first-order chi connectivity index (χ1) is 12.6. The van der Waals surface area contributed by atoms with Crippen LogP contribution in [0.1, 0.15) is 12.0 Å². The van der Waals surface area contributed by atoms with Crippen LogP contribution in [-0.4, -0.2) is 40.6 Å². The lowest BCUT2D eigenvalue weighted by Crippen LogP contribution is -2.36. The second-order valence-electron chi connectivity index (χ2n) is 7.10. The van der Waals surface area contributed by atoms with Crippen LogP contribution in [0.4, 0.5) is 5.69 Å². The summed E-state index contributed by atoms with van der Waals surface area (Å²) in [6.07, 6.45) is 4.78. The molecule has 3 aromatic rings. The Hall–Kier alpha value is -2.66. The molecule has 4 rings (SSSR count). The Kier molecular flexibility index (Phi) is 4.47. The van der Waals surface area contributed by atoms with Gasteiger partial charge in [-0.15, -0.1) is 0 Å². The third-order valence-corrected chi connectivity index (χ3v) is 5.44. The molecular formula is C21H24N4O. The Balaban J connectivity index is 1.52. The van der Waals surface area contributed by atoms with E-state index in [4.69, 9.17) is 0 Å². The topological polar surface area (TPSA) is 41.4 Å². The van der Waals surface area contributed by atoms with Gasteiger partial charge in [0.15, 0.2) is 0 Å². The smallest absolute Gasteiger partial charge is 0.255 e. The van der Waals surface area contributed by atoms with Crippen molar-refractivity contribution < 1.29 is 0 Å². The zero-order valence-electron chi connectivity index (χ0n) is 15.3. The van der Waals surface area contributed by atoms with Gasteiger partial charge in [0.25, 0.3) is 5.56 Å². The number of fused-ring (bicyclic) bond motifs is 1. The van der Waals surface area contributed by atoms with E-state index >= 15 is 0 Å². The van der Waals surface area contributed by atoms with Crippen molar-refractivity contribution >= 4 is 16.6 Å². The standard InChI is InChI=1S/C21H24N4O/c1-23(19-9-12-25(15-19)18-7-10-22-11-8-18)14-17-13-16-5-3-4-6-20(16)24(2)21(17)26/h3-8,10-11,13,19H,9,12,14-15H2,1-2H3. The van der Waals surface area contributed by atoms with Crippen LogP contribution in [0.3, 0.4) is 0 Å². The maximum absolute atomic E-state index is 12.7. The highest BCUT2D eigenvalue weighted by molar-refractivity contribution is 5.79. The van der Waals surface area contributed by atoms with Crippen LogP contribution in [0, 0.1) is 0 Å². The SMILES string of the molecule is CN(Cc1cc2ccccc2n(C)c1=O)C1CCN(c2ccncc2)C1. The van der Waals surface area contributed by atoms with Crippen molar-refractivity contribution in [3.05, 3.63) is 70.8 Å². The Morgan fingerprint density at radius 3 is 2.77 bits per heavy atom. The zero-order chi connectivity index (χ0) is 18.1. The lowest BCUT2D eigenvalue weighted by Gasteiger charge is -2.25. The van der Waals surface area contributed by atoms with Crippen LogP contribution >= 0.6 is 0 Å². The fourth-order valence-electron chi connectivity index (χ4n) is 3.89. The third-order valence-electron chi connectivity index (χ3n) is 5.44. The summed E-state index contributed by atoms with van der Waals surface area (Å²) < 4.78 is 1.76. The third kappa shape index (κ3) is 3.10. The second kappa shape index (κ2) is 6.92. The van der Waals surface area contributed by atoms with E-state index in [2.05, 4.69) is 40.0 Å². The molecule has 0 spiro atoms. The molecule has 134 valence electrons. The average Bonchev–Trinajstić information content (AvgIpc) is 3.17. The minimum Gasteiger partial charge on any atom is -0.370 e. The summed E-state index contributed by atoms with van der Waals surface area (Å²) in [5.41, 5.74) is 3.15. The van der Waals surface area contributed by atoms with E-state index in [-0.39, 0.29) is 5.56 Å². The number of aromatic nitrogens is 2. The first-order valence-electron chi connectivity index (χ1n) is 9.06. The summed E-state index contributed by atoms with van der Waals surface area (Å²) in [7, 11) is 3.98. The van der Waals surface area contributed by atoms with Gasteiger partial charge in [-0.05, 0) is 43.1 Å². The number of rotatable bonds is 4. The molecule has 0 aliphatic carbocycles. The van der Waals surface area contributed by atoms with Crippen LogP contribution in [0.5, 0.6) is 0 Å². The Morgan fingerprint density at radius 2 is 1.96 bits per heavy atom. The van der Waals surface area contributed by atoms with Crippen LogP contribution < -0.4 is 10.5 Å². The van der Waals surface area contributed by atoms with Crippen molar-refractivity contribution in [2.45, 2.75) is 19.0 Å². The summed E-state index contributed by atoms with van der Waals surface area (Å²) in [5, 5.41) is 1.11. The second-order valence-corrected chi connectivity index (χ2v) is 7.10. The van der Waals surface area contributed by atoms with Crippen LogP contribution in [-0.2, 0) is 13.6 Å². The molecule has 1 unspecified atom stereocenters. The molecule has 0 bridgehead atoms. The maximum Gasteiger partial charge on any atom is 0.255 e. The van der Waals surface area contributed by atoms with Crippen LogP contribution in [0.25, 0.3) is 10.9 Å². The number of anilines is 1. The van der Waals surface area contributed by atoms with E-state index in [9.17, 15) is 4.79 Å². The van der Waals surface area contributed by atoms with Gasteiger partial charge in [0.05, 0.1) is 5.52 Å². The van der Waals surface area contributed by atoms with Gasteiger partial charge in [0.1, 0.15) is 0 Å². The number of nitrogens with zero attached hydrogens (tertiary/aromatic N) is 4. The highest BCUT2D eigenvalue weighted by Gasteiger charge is 2.26. The summed E-state index contributed by atoms with van der Waals surface area (Å²) >= 11 is 0. The van der Waals surface area contributed by atoms with Gasteiger partial charge in [-0.25, -0.2) is 0 Å². The summed E-state index contributed by atoms with van der Waals surface area (Å²) in [5.74, 6) is 0. The maximum atomic E-state index is 12.7. The molecule has 1 aromatic carbocycles. The number of para-hydroxylation sites is 1. The van der Waals surface area contributed by atoms with E-state index in [0.717, 1.165) is 36.0 Å². The van der Waals surface area contributed by atoms with E-state index in [1.54, 1.807) is 4.57 Å². The molecular weight excluding hydrogens is 324 g/mol.